The molecule has 2 heteroatoms. The lowest BCUT2D eigenvalue weighted by Gasteiger charge is -1.92. The molecule has 2 nitrogen and oxygen atoms in total. The molecule has 0 N–H and O–H groups in total. The van der Waals surface area contributed by atoms with Gasteiger partial charge in [0.05, 0.1) is 12.9 Å². The fourth-order valence-corrected chi connectivity index (χ4v) is 1.49. The lowest BCUT2D eigenvalue weighted by atomic mass is 10.2. The second-order valence-corrected chi connectivity index (χ2v) is 8.71. The fraction of sp³-hybridized carbons (Fsp3) is 0.938. The molecular weight excluding hydrogens is 416 g/mol. The van der Waals surface area contributed by atoms with Crippen LogP contribution in [0.15, 0.2) is 12.3 Å². The van der Waals surface area contributed by atoms with Crippen molar-refractivity contribution in [2.45, 2.75) is 173 Å². The lowest BCUT2D eigenvalue weighted by Crippen LogP contribution is -1.88. The molecule has 0 aliphatic heterocycles. The summed E-state index contributed by atoms with van der Waals surface area (Å²) in [5.41, 5.74) is 0. The minimum atomic E-state index is 0.844. The van der Waals surface area contributed by atoms with Gasteiger partial charge in [-0.25, -0.2) is 0 Å². The van der Waals surface area contributed by atoms with Crippen LogP contribution in [0, 0.1) is 5.92 Å². The van der Waals surface area contributed by atoms with Gasteiger partial charge in [-0.15, -0.1) is 0 Å². The van der Waals surface area contributed by atoms with E-state index in [2.05, 4.69) is 83.1 Å². The van der Waals surface area contributed by atoms with Crippen molar-refractivity contribution in [1.29, 1.82) is 0 Å². The highest BCUT2D eigenvalue weighted by Crippen LogP contribution is 1.95. The van der Waals surface area contributed by atoms with E-state index in [1.807, 2.05) is 13.0 Å². The third-order valence-electron chi connectivity index (χ3n) is 4.28. The van der Waals surface area contributed by atoms with Gasteiger partial charge in [-0.3, -0.25) is 0 Å². The van der Waals surface area contributed by atoms with Crippen LogP contribution in [0.1, 0.15) is 173 Å². The molecule has 0 rings (SSSR count). The molecule has 0 atom stereocenters. The highest BCUT2D eigenvalue weighted by molar-refractivity contribution is 4.69. The van der Waals surface area contributed by atoms with Gasteiger partial charge in [0.25, 0.3) is 0 Å². The Morgan fingerprint density at radius 2 is 0.941 bits per heavy atom. The molecule has 0 bridgehead atoms. The summed E-state index contributed by atoms with van der Waals surface area (Å²) < 4.78 is 10.0. The average Bonchev–Trinajstić information content (AvgIpc) is 2.86. The molecule has 0 saturated heterocycles. The van der Waals surface area contributed by atoms with Gasteiger partial charge in [0.1, 0.15) is 0 Å². The molecule has 0 aliphatic carbocycles. The molecule has 0 aromatic heterocycles. The first kappa shape index (κ1) is 46.8. The first-order chi connectivity index (χ1) is 16.3. The summed E-state index contributed by atoms with van der Waals surface area (Å²) in [5.74, 6) is 0.884. The van der Waals surface area contributed by atoms with Gasteiger partial charge in [-0.05, 0) is 32.1 Å². The summed E-state index contributed by atoms with van der Waals surface area (Å²) in [4.78, 5) is 0. The standard InChI is InChI=1S/C7H14O.C6H14.C5H12O.2C5H12.C4H10/c1-3-5-7-8-6-4-2;2*1-3-5-6-4-2;1-4-5(2)3;1-3-5-4-2;1-3-4-2/h5,7H,3-4,6H2,1-2H3;3-6H2,1-2H3;3-5H2,1-2H3;5H,4H2,1-3H3;3-5H2,1-2H3;3-4H2,1-2H3/b7-5+;;;;;. The van der Waals surface area contributed by atoms with E-state index in [4.69, 9.17) is 9.47 Å². The maximum absolute atomic E-state index is 5.04. The summed E-state index contributed by atoms with van der Waals surface area (Å²) in [6.45, 7) is 30.8. The molecule has 0 aromatic rings. The zero-order chi connectivity index (χ0) is 27.7. The predicted molar refractivity (Wildman–Crippen MR) is 163 cm³/mol. The number of hydrogen-bond donors (Lipinski definition) is 0. The highest BCUT2D eigenvalue weighted by atomic mass is 16.5. The zero-order valence-electron chi connectivity index (χ0n) is 26.9. The fourth-order valence-electron chi connectivity index (χ4n) is 1.49. The van der Waals surface area contributed by atoms with Gasteiger partial charge in [0.2, 0.25) is 0 Å². The van der Waals surface area contributed by atoms with Crippen molar-refractivity contribution >= 4 is 0 Å². The van der Waals surface area contributed by atoms with Gasteiger partial charge in [0, 0.05) is 13.2 Å². The van der Waals surface area contributed by atoms with Gasteiger partial charge in [-0.2, -0.15) is 0 Å². The van der Waals surface area contributed by atoms with E-state index in [-0.39, 0.29) is 0 Å². The van der Waals surface area contributed by atoms with Gasteiger partial charge < -0.3 is 9.47 Å². The molecule has 34 heavy (non-hydrogen) atoms. The first-order valence-corrected chi connectivity index (χ1v) is 15.2. The van der Waals surface area contributed by atoms with Crippen LogP contribution >= 0.6 is 0 Å². The summed E-state index contributed by atoms with van der Waals surface area (Å²) in [6, 6.07) is 0. The number of ether oxygens (including phenoxy) is 2. The molecule has 214 valence electrons. The topological polar surface area (TPSA) is 18.5 Å². The quantitative estimate of drug-likeness (QED) is 0.178. The average molecular weight is 491 g/mol. The second kappa shape index (κ2) is 63.7. The van der Waals surface area contributed by atoms with Crippen molar-refractivity contribution in [2.75, 3.05) is 19.8 Å². The Bertz CT molecular complexity index is 229. The summed E-state index contributed by atoms with van der Waals surface area (Å²) in [7, 11) is 0. The van der Waals surface area contributed by atoms with Crippen LogP contribution in [0.5, 0.6) is 0 Å². The molecule has 0 saturated carbocycles. The van der Waals surface area contributed by atoms with Crippen molar-refractivity contribution < 1.29 is 9.47 Å². The lowest BCUT2D eigenvalue weighted by molar-refractivity contribution is 0.148. The zero-order valence-corrected chi connectivity index (χ0v) is 26.9. The molecule has 0 fully saturated rings. The maximum Gasteiger partial charge on any atom is 0.0870 e. The van der Waals surface area contributed by atoms with E-state index in [9.17, 15) is 0 Å². The maximum atomic E-state index is 5.04. The molecule has 0 radical (unpaired) electrons. The molecule has 0 aromatic carbocycles. The van der Waals surface area contributed by atoms with Crippen LogP contribution in [0.3, 0.4) is 0 Å². The normalized spacial score (nSPS) is 9.12. The van der Waals surface area contributed by atoms with Gasteiger partial charge >= 0.3 is 0 Å². The van der Waals surface area contributed by atoms with Crippen molar-refractivity contribution in [3.8, 4) is 0 Å². The largest absolute Gasteiger partial charge is 0.502 e. The van der Waals surface area contributed by atoms with Gasteiger partial charge in [-0.1, -0.05) is 153 Å². The monoisotopic (exact) mass is 491 g/mol. The van der Waals surface area contributed by atoms with Crippen LogP contribution in [0.2, 0.25) is 0 Å². The minimum Gasteiger partial charge on any atom is -0.502 e. The van der Waals surface area contributed by atoms with Crippen LogP contribution in [0.4, 0.5) is 0 Å². The summed E-state index contributed by atoms with van der Waals surface area (Å²) >= 11 is 0. The Balaban J connectivity index is -0.0000000702. The minimum absolute atomic E-state index is 0.844. The van der Waals surface area contributed by atoms with Crippen LogP contribution in [0.25, 0.3) is 0 Å². The highest BCUT2D eigenvalue weighted by Gasteiger charge is 1.80. The second-order valence-electron chi connectivity index (χ2n) is 8.71. The van der Waals surface area contributed by atoms with E-state index in [0.29, 0.717) is 0 Å². The number of unbranched alkanes of at least 4 members (excludes halogenated alkanes) is 6. The molecule has 0 spiro atoms. The van der Waals surface area contributed by atoms with Crippen molar-refractivity contribution in [3.05, 3.63) is 12.3 Å². The van der Waals surface area contributed by atoms with E-state index >= 15 is 0 Å². The Morgan fingerprint density at radius 3 is 1.12 bits per heavy atom. The third-order valence-corrected chi connectivity index (χ3v) is 4.28. The number of hydrogen-bond acceptors (Lipinski definition) is 2. The molecular formula is C32H74O2. The number of allylic oxidation sites excluding steroid dienone is 1. The Morgan fingerprint density at radius 1 is 0.529 bits per heavy atom. The Kier molecular flexibility index (Phi) is 87.7. The van der Waals surface area contributed by atoms with Crippen LogP contribution < -0.4 is 0 Å². The van der Waals surface area contributed by atoms with Crippen molar-refractivity contribution in [2.24, 2.45) is 5.92 Å². The van der Waals surface area contributed by atoms with Crippen molar-refractivity contribution in [1.82, 2.24) is 0 Å². The molecule has 0 amide bonds. The Hall–Kier alpha value is -0.500. The Labute approximate surface area is 221 Å². The molecule has 0 aliphatic rings. The first-order valence-electron chi connectivity index (χ1n) is 15.2. The number of rotatable bonds is 14. The molecule has 0 unspecified atom stereocenters. The van der Waals surface area contributed by atoms with E-state index in [1.54, 1.807) is 6.26 Å². The van der Waals surface area contributed by atoms with Crippen LogP contribution in [-0.2, 0) is 9.47 Å². The summed E-state index contributed by atoms with van der Waals surface area (Å²) in [6.07, 6.45) is 20.6. The van der Waals surface area contributed by atoms with E-state index in [0.717, 1.165) is 45.0 Å². The van der Waals surface area contributed by atoms with Crippen LogP contribution in [-0.4, -0.2) is 19.8 Å². The smallest absolute Gasteiger partial charge is 0.0870 e. The van der Waals surface area contributed by atoms with Crippen molar-refractivity contribution in [3.63, 3.8) is 0 Å². The van der Waals surface area contributed by atoms with E-state index < -0.39 is 0 Å². The third kappa shape index (κ3) is 122. The summed E-state index contributed by atoms with van der Waals surface area (Å²) in [5, 5.41) is 0. The van der Waals surface area contributed by atoms with Gasteiger partial charge in [0.15, 0.2) is 0 Å². The predicted octanol–water partition coefficient (Wildman–Crippen LogP) is 12.4. The van der Waals surface area contributed by atoms with E-state index in [1.165, 1.54) is 64.2 Å². The molecule has 0 heterocycles. The SMILES string of the molecule is CC/C=C/OCCC.CCC(C)C.CCCC.CCCCC.CCCCCC.CCCOCC.